The molecule has 2 unspecified atom stereocenters. The zero-order chi connectivity index (χ0) is 17.6. The second-order valence-electron chi connectivity index (χ2n) is 6.55. The molecular formula is C19H26FN5. The summed E-state index contributed by atoms with van der Waals surface area (Å²) < 4.78 is 16.0. The second-order valence-corrected chi connectivity index (χ2v) is 6.55. The van der Waals surface area contributed by atoms with Crippen LogP contribution in [0.15, 0.2) is 48.0 Å². The molecular weight excluding hydrogens is 317 g/mol. The van der Waals surface area contributed by atoms with E-state index in [4.69, 9.17) is 0 Å². The number of nitrogens with one attached hydrogen (secondary N) is 1. The lowest BCUT2D eigenvalue weighted by Crippen LogP contribution is -2.49. The molecule has 1 N–H and O–H groups in total. The van der Waals surface area contributed by atoms with Gasteiger partial charge in [0.15, 0.2) is 5.96 Å². The van der Waals surface area contributed by atoms with Gasteiger partial charge >= 0.3 is 0 Å². The number of benzene rings is 1. The van der Waals surface area contributed by atoms with Crippen molar-refractivity contribution in [1.29, 1.82) is 0 Å². The van der Waals surface area contributed by atoms with Crippen LogP contribution in [0.3, 0.4) is 0 Å². The Morgan fingerprint density at radius 1 is 1.40 bits per heavy atom. The lowest BCUT2D eigenvalue weighted by atomic mass is 9.93. The molecule has 1 aromatic carbocycles. The van der Waals surface area contributed by atoms with E-state index in [0.717, 1.165) is 32.0 Å². The lowest BCUT2D eigenvalue weighted by molar-refractivity contribution is 0.189. The highest BCUT2D eigenvalue weighted by atomic mass is 19.1. The maximum absolute atomic E-state index is 13.9. The van der Waals surface area contributed by atoms with Crippen LogP contribution in [-0.4, -0.2) is 40.0 Å². The molecule has 1 saturated heterocycles. The normalized spacial score (nSPS) is 21.4. The third kappa shape index (κ3) is 4.18. The van der Waals surface area contributed by atoms with Gasteiger partial charge in [0.1, 0.15) is 5.82 Å². The number of halogens is 1. The van der Waals surface area contributed by atoms with Crippen LogP contribution in [0.5, 0.6) is 0 Å². The molecule has 5 nitrogen and oxygen atoms in total. The van der Waals surface area contributed by atoms with Gasteiger partial charge < -0.3 is 14.8 Å². The van der Waals surface area contributed by atoms with E-state index in [2.05, 4.69) is 38.6 Å². The Balaban J connectivity index is 1.75. The number of rotatable bonds is 4. The van der Waals surface area contributed by atoms with E-state index in [-0.39, 0.29) is 5.82 Å². The van der Waals surface area contributed by atoms with E-state index in [9.17, 15) is 4.39 Å². The van der Waals surface area contributed by atoms with Crippen molar-refractivity contribution in [3.05, 3.63) is 54.4 Å². The van der Waals surface area contributed by atoms with Crippen LogP contribution in [-0.2, 0) is 6.54 Å². The molecule has 134 valence electrons. The summed E-state index contributed by atoms with van der Waals surface area (Å²) in [5, 5.41) is 3.35. The van der Waals surface area contributed by atoms with Crippen LogP contribution in [0.2, 0.25) is 0 Å². The number of hydrogen-bond donors (Lipinski definition) is 1. The Bertz CT molecular complexity index is 698. The van der Waals surface area contributed by atoms with Crippen LogP contribution < -0.4 is 5.32 Å². The molecule has 25 heavy (non-hydrogen) atoms. The van der Waals surface area contributed by atoms with Crippen molar-refractivity contribution >= 4 is 5.96 Å². The molecule has 1 fully saturated rings. The van der Waals surface area contributed by atoms with Crippen LogP contribution in [0.1, 0.15) is 31.9 Å². The Kier molecular flexibility index (Phi) is 5.68. The van der Waals surface area contributed by atoms with Crippen molar-refractivity contribution in [2.24, 2.45) is 10.9 Å². The summed E-state index contributed by atoms with van der Waals surface area (Å²) in [4.78, 5) is 11.1. The van der Waals surface area contributed by atoms with Crippen LogP contribution >= 0.6 is 0 Å². The van der Waals surface area contributed by atoms with E-state index in [0.29, 0.717) is 24.1 Å². The van der Waals surface area contributed by atoms with Crippen molar-refractivity contribution in [2.75, 3.05) is 19.6 Å². The van der Waals surface area contributed by atoms with Gasteiger partial charge in [0.05, 0.1) is 18.9 Å². The first kappa shape index (κ1) is 17.5. The summed E-state index contributed by atoms with van der Waals surface area (Å²) in [7, 11) is 0. The molecule has 6 heteroatoms. The smallest absolute Gasteiger partial charge is 0.194 e. The molecule has 0 saturated carbocycles. The average molecular weight is 343 g/mol. The van der Waals surface area contributed by atoms with Crippen molar-refractivity contribution in [1.82, 2.24) is 19.8 Å². The Morgan fingerprint density at radius 2 is 2.24 bits per heavy atom. The van der Waals surface area contributed by atoms with Crippen LogP contribution in [0, 0.1) is 11.7 Å². The summed E-state index contributed by atoms with van der Waals surface area (Å²) in [5.74, 6) is 1.23. The number of guanidine groups is 1. The molecule has 0 bridgehead atoms. The molecule has 0 radical (unpaired) electrons. The monoisotopic (exact) mass is 343 g/mol. The molecule has 2 heterocycles. The molecule has 1 aliphatic heterocycles. The maximum Gasteiger partial charge on any atom is 0.194 e. The number of nitrogens with zero attached hydrogens (tertiary/aromatic N) is 4. The van der Waals surface area contributed by atoms with Gasteiger partial charge in [-0.05, 0) is 25.3 Å². The Morgan fingerprint density at radius 3 is 2.96 bits per heavy atom. The molecule has 1 aliphatic rings. The van der Waals surface area contributed by atoms with Crippen LogP contribution in [0.25, 0.3) is 0 Å². The van der Waals surface area contributed by atoms with Gasteiger partial charge in [0, 0.05) is 37.6 Å². The minimum absolute atomic E-state index is 0.203. The van der Waals surface area contributed by atoms with Gasteiger partial charge in [-0.1, -0.05) is 25.1 Å². The number of likely N-dealkylation sites (tertiary alicyclic amines) is 1. The SMILES string of the molecule is CCNC(=NCc1ccccc1F)N1CCC(C)C(n2ccnc2)C1. The first-order valence-electron chi connectivity index (χ1n) is 8.93. The van der Waals surface area contributed by atoms with Gasteiger partial charge in [-0.25, -0.2) is 14.4 Å². The second kappa shape index (κ2) is 8.14. The number of imidazole rings is 1. The zero-order valence-corrected chi connectivity index (χ0v) is 14.9. The first-order chi connectivity index (χ1) is 12.2. The minimum Gasteiger partial charge on any atom is -0.357 e. The fourth-order valence-corrected chi connectivity index (χ4v) is 3.31. The summed E-state index contributed by atoms with van der Waals surface area (Å²) in [6.45, 7) is 7.30. The third-order valence-corrected chi connectivity index (χ3v) is 4.82. The van der Waals surface area contributed by atoms with Crippen molar-refractivity contribution in [2.45, 2.75) is 32.9 Å². The quantitative estimate of drug-likeness (QED) is 0.685. The number of piperidine rings is 1. The van der Waals surface area contributed by atoms with E-state index in [1.54, 1.807) is 12.1 Å². The highest BCUT2D eigenvalue weighted by Crippen LogP contribution is 2.27. The molecule has 2 aromatic rings. The van der Waals surface area contributed by atoms with E-state index >= 15 is 0 Å². The number of hydrogen-bond acceptors (Lipinski definition) is 2. The summed E-state index contributed by atoms with van der Waals surface area (Å²) in [6.07, 6.45) is 6.82. The lowest BCUT2D eigenvalue weighted by Gasteiger charge is -2.39. The molecule has 0 spiro atoms. The molecule has 0 aliphatic carbocycles. The van der Waals surface area contributed by atoms with E-state index in [1.165, 1.54) is 6.07 Å². The van der Waals surface area contributed by atoms with Crippen molar-refractivity contribution < 1.29 is 4.39 Å². The Hall–Kier alpha value is -2.37. The largest absolute Gasteiger partial charge is 0.357 e. The molecule has 2 atom stereocenters. The fraction of sp³-hybridized carbons (Fsp3) is 0.474. The highest BCUT2D eigenvalue weighted by molar-refractivity contribution is 5.80. The predicted molar refractivity (Wildman–Crippen MR) is 97.8 cm³/mol. The minimum atomic E-state index is -0.203. The summed E-state index contributed by atoms with van der Waals surface area (Å²) in [5.41, 5.74) is 0.620. The fourth-order valence-electron chi connectivity index (χ4n) is 3.31. The van der Waals surface area contributed by atoms with Crippen molar-refractivity contribution in [3.8, 4) is 0 Å². The van der Waals surface area contributed by atoms with E-state index in [1.807, 2.05) is 24.8 Å². The summed E-state index contributed by atoms with van der Waals surface area (Å²) >= 11 is 0. The first-order valence-corrected chi connectivity index (χ1v) is 8.93. The highest BCUT2D eigenvalue weighted by Gasteiger charge is 2.28. The van der Waals surface area contributed by atoms with Crippen molar-refractivity contribution in [3.63, 3.8) is 0 Å². The maximum atomic E-state index is 13.9. The Labute approximate surface area is 148 Å². The molecule has 3 rings (SSSR count). The van der Waals surface area contributed by atoms with Gasteiger partial charge in [0.2, 0.25) is 0 Å². The zero-order valence-electron chi connectivity index (χ0n) is 14.9. The van der Waals surface area contributed by atoms with E-state index < -0.39 is 0 Å². The number of aromatic nitrogens is 2. The van der Waals surface area contributed by atoms with Gasteiger partial charge in [-0.15, -0.1) is 0 Å². The molecule has 1 aromatic heterocycles. The molecule has 0 amide bonds. The van der Waals surface area contributed by atoms with Crippen LogP contribution in [0.4, 0.5) is 4.39 Å². The average Bonchev–Trinajstić information content (AvgIpc) is 3.15. The number of aliphatic imine (C=N–C) groups is 1. The van der Waals surface area contributed by atoms with Gasteiger partial charge in [-0.2, -0.15) is 0 Å². The summed E-state index contributed by atoms with van der Waals surface area (Å²) in [6, 6.07) is 7.19. The van der Waals surface area contributed by atoms with Gasteiger partial charge in [-0.3, -0.25) is 0 Å². The van der Waals surface area contributed by atoms with Gasteiger partial charge in [0.25, 0.3) is 0 Å². The topological polar surface area (TPSA) is 45.5 Å². The predicted octanol–water partition coefficient (Wildman–Crippen LogP) is 3.07. The third-order valence-electron chi connectivity index (χ3n) is 4.82. The standard InChI is InChI=1S/C19H26FN5/c1-3-22-19(23-12-16-6-4-5-7-17(16)20)24-10-8-15(2)18(13-24)25-11-9-21-14-25/h4-7,9,11,14-15,18H,3,8,10,12-13H2,1-2H3,(H,22,23).